The molecule has 0 bridgehead atoms. The van der Waals surface area contributed by atoms with Gasteiger partial charge in [-0.25, -0.2) is 0 Å². The molecule has 16 heavy (non-hydrogen) atoms. The molecule has 1 aliphatic carbocycles. The Morgan fingerprint density at radius 1 is 1.31 bits per heavy atom. The van der Waals surface area contributed by atoms with Gasteiger partial charge in [0.25, 0.3) is 0 Å². The summed E-state index contributed by atoms with van der Waals surface area (Å²) in [5, 5.41) is 0. The minimum Gasteiger partial charge on any atom is -0.397 e. The van der Waals surface area contributed by atoms with E-state index < -0.39 is 15.9 Å². The van der Waals surface area contributed by atoms with E-state index in [1.54, 1.807) is 12.2 Å². The summed E-state index contributed by atoms with van der Waals surface area (Å²) in [5.74, 6) is 0. The molecule has 94 valence electrons. The predicted octanol–water partition coefficient (Wildman–Crippen LogP) is -1.92. The lowest BCUT2D eigenvalue weighted by Crippen LogP contribution is -2.53. The SMILES string of the molecule is CC1(N)C=C(N)C(N)=CC1N.O=S(=O)(O)O. The molecular weight excluding hydrogens is 236 g/mol. The zero-order valence-corrected chi connectivity index (χ0v) is 9.48. The summed E-state index contributed by atoms with van der Waals surface area (Å²) in [6.07, 6.45) is 3.36. The van der Waals surface area contributed by atoms with Crippen LogP contribution in [0.1, 0.15) is 6.92 Å². The van der Waals surface area contributed by atoms with Crippen molar-refractivity contribution >= 4 is 10.4 Å². The number of hydrogen-bond acceptors (Lipinski definition) is 6. The van der Waals surface area contributed by atoms with Crippen LogP contribution < -0.4 is 22.9 Å². The smallest absolute Gasteiger partial charge is 0.394 e. The third-order valence-corrected chi connectivity index (χ3v) is 1.88. The molecule has 1 rings (SSSR count). The van der Waals surface area contributed by atoms with Crippen molar-refractivity contribution in [2.75, 3.05) is 0 Å². The summed E-state index contributed by atoms with van der Waals surface area (Å²) >= 11 is 0. The normalized spacial score (nSPS) is 29.7. The van der Waals surface area contributed by atoms with Crippen molar-refractivity contribution < 1.29 is 17.5 Å². The summed E-state index contributed by atoms with van der Waals surface area (Å²) < 4.78 is 31.6. The number of rotatable bonds is 0. The van der Waals surface area contributed by atoms with Crippen LogP contribution in [0.15, 0.2) is 23.5 Å². The topological polar surface area (TPSA) is 179 Å². The van der Waals surface area contributed by atoms with Crippen molar-refractivity contribution in [1.82, 2.24) is 0 Å². The first-order valence-electron chi connectivity index (χ1n) is 4.14. The number of nitrogens with two attached hydrogens (primary N) is 4. The lowest BCUT2D eigenvalue weighted by atomic mass is 9.88. The average Bonchev–Trinajstić information content (AvgIpc) is 1.97. The van der Waals surface area contributed by atoms with Gasteiger partial charge in [-0.2, -0.15) is 8.42 Å². The van der Waals surface area contributed by atoms with E-state index in [1.807, 2.05) is 6.92 Å². The molecule has 0 aromatic carbocycles. The van der Waals surface area contributed by atoms with Gasteiger partial charge in [-0.1, -0.05) is 0 Å². The maximum atomic E-state index is 8.74. The van der Waals surface area contributed by atoms with E-state index in [1.165, 1.54) is 0 Å². The molecule has 2 unspecified atom stereocenters. The highest BCUT2D eigenvalue weighted by Gasteiger charge is 2.27. The van der Waals surface area contributed by atoms with Gasteiger partial charge >= 0.3 is 10.4 Å². The van der Waals surface area contributed by atoms with Crippen LogP contribution in [-0.2, 0) is 10.4 Å². The van der Waals surface area contributed by atoms with Crippen LogP contribution in [0.4, 0.5) is 0 Å². The van der Waals surface area contributed by atoms with Crippen molar-refractivity contribution in [1.29, 1.82) is 0 Å². The second kappa shape index (κ2) is 4.80. The minimum atomic E-state index is -4.67. The Kier molecular flexibility index (Phi) is 4.46. The van der Waals surface area contributed by atoms with Gasteiger partial charge in [-0.3, -0.25) is 9.11 Å². The third-order valence-electron chi connectivity index (χ3n) is 1.88. The lowest BCUT2D eigenvalue weighted by Gasteiger charge is -2.30. The van der Waals surface area contributed by atoms with E-state index in [0.717, 1.165) is 0 Å². The summed E-state index contributed by atoms with van der Waals surface area (Å²) in [5.41, 5.74) is 23.0. The van der Waals surface area contributed by atoms with Crippen molar-refractivity contribution in [3.05, 3.63) is 23.5 Å². The Labute approximate surface area is 93.5 Å². The zero-order valence-electron chi connectivity index (χ0n) is 8.66. The van der Waals surface area contributed by atoms with Gasteiger partial charge in [0, 0.05) is 6.04 Å². The first-order chi connectivity index (χ1) is 6.93. The van der Waals surface area contributed by atoms with Gasteiger partial charge in [0.2, 0.25) is 0 Å². The van der Waals surface area contributed by atoms with Gasteiger partial charge < -0.3 is 22.9 Å². The lowest BCUT2D eigenvalue weighted by molar-refractivity contribution is 0.381. The molecule has 0 radical (unpaired) electrons. The molecule has 10 N–H and O–H groups in total. The first-order valence-corrected chi connectivity index (χ1v) is 5.53. The molecular formula is C7H16N4O4S. The molecule has 0 saturated carbocycles. The largest absolute Gasteiger partial charge is 0.397 e. The fourth-order valence-corrected chi connectivity index (χ4v) is 0.984. The standard InChI is InChI=1S/C7H14N4.H2O4S/c1-7(11)3-5(9)4(8)2-6(7)10;1-5(2,3)4/h2-3,6H,8-11H2,1H3;(H2,1,2,3,4). The summed E-state index contributed by atoms with van der Waals surface area (Å²) in [6.45, 7) is 1.81. The van der Waals surface area contributed by atoms with Crippen LogP contribution in [0, 0.1) is 0 Å². The second-order valence-electron chi connectivity index (χ2n) is 3.56. The Bertz CT molecular complexity index is 404. The van der Waals surface area contributed by atoms with Crippen LogP contribution in [0.25, 0.3) is 0 Å². The third kappa shape index (κ3) is 5.68. The maximum Gasteiger partial charge on any atom is 0.394 e. The maximum absolute atomic E-state index is 8.74. The summed E-state index contributed by atoms with van der Waals surface area (Å²) in [6, 6.07) is -0.255. The van der Waals surface area contributed by atoms with Gasteiger partial charge in [0.15, 0.2) is 0 Å². The first kappa shape index (κ1) is 14.9. The van der Waals surface area contributed by atoms with E-state index in [2.05, 4.69) is 0 Å². The predicted molar refractivity (Wildman–Crippen MR) is 59.3 cm³/mol. The molecule has 2 atom stereocenters. The minimum absolute atomic E-state index is 0.255. The van der Waals surface area contributed by atoms with Gasteiger partial charge in [0.1, 0.15) is 0 Å². The molecule has 0 aromatic rings. The Morgan fingerprint density at radius 3 is 2.00 bits per heavy atom. The van der Waals surface area contributed by atoms with E-state index >= 15 is 0 Å². The molecule has 0 aliphatic heterocycles. The molecule has 0 aromatic heterocycles. The Morgan fingerprint density at radius 2 is 1.69 bits per heavy atom. The second-order valence-corrected chi connectivity index (χ2v) is 4.46. The van der Waals surface area contributed by atoms with Gasteiger partial charge in [-0.15, -0.1) is 0 Å². The van der Waals surface area contributed by atoms with E-state index in [4.69, 9.17) is 40.5 Å². The zero-order chi connectivity index (χ0) is 13.1. The van der Waals surface area contributed by atoms with Crippen molar-refractivity contribution in [3.63, 3.8) is 0 Å². The van der Waals surface area contributed by atoms with Crippen molar-refractivity contribution in [3.8, 4) is 0 Å². The molecule has 1 aliphatic rings. The molecule has 0 saturated heterocycles. The molecule has 8 nitrogen and oxygen atoms in total. The van der Waals surface area contributed by atoms with Crippen LogP contribution in [0.5, 0.6) is 0 Å². The molecule has 9 heteroatoms. The molecule has 0 amide bonds. The van der Waals surface area contributed by atoms with Crippen LogP contribution >= 0.6 is 0 Å². The number of hydrogen-bond donors (Lipinski definition) is 6. The van der Waals surface area contributed by atoms with E-state index in [9.17, 15) is 0 Å². The Balaban J connectivity index is 0.000000385. The van der Waals surface area contributed by atoms with Crippen LogP contribution in [0.3, 0.4) is 0 Å². The average molecular weight is 252 g/mol. The van der Waals surface area contributed by atoms with Crippen LogP contribution in [0.2, 0.25) is 0 Å². The van der Waals surface area contributed by atoms with E-state index in [-0.39, 0.29) is 6.04 Å². The van der Waals surface area contributed by atoms with Gasteiger partial charge in [0.05, 0.1) is 16.9 Å². The van der Waals surface area contributed by atoms with Crippen LogP contribution in [-0.4, -0.2) is 29.1 Å². The van der Waals surface area contributed by atoms with Gasteiger partial charge in [-0.05, 0) is 19.1 Å². The monoisotopic (exact) mass is 252 g/mol. The molecule has 0 heterocycles. The highest BCUT2D eigenvalue weighted by Crippen LogP contribution is 2.17. The van der Waals surface area contributed by atoms with E-state index in [0.29, 0.717) is 11.4 Å². The molecule has 0 spiro atoms. The quantitative estimate of drug-likeness (QED) is 0.270. The summed E-state index contributed by atoms with van der Waals surface area (Å²) in [7, 11) is -4.67. The highest BCUT2D eigenvalue weighted by atomic mass is 32.3. The molecule has 0 fully saturated rings. The highest BCUT2D eigenvalue weighted by molar-refractivity contribution is 7.79. The van der Waals surface area contributed by atoms with Crippen molar-refractivity contribution in [2.24, 2.45) is 22.9 Å². The van der Waals surface area contributed by atoms with Crippen molar-refractivity contribution in [2.45, 2.75) is 18.5 Å². The fraction of sp³-hybridized carbons (Fsp3) is 0.429. The Hall–Kier alpha value is -1.13. The fourth-order valence-electron chi connectivity index (χ4n) is 0.984. The summed E-state index contributed by atoms with van der Waals surface area (Å²) in [4.78, 5) is 0.